The standard InChI is InChI=1S/C18H14FN3OS2/c1-2-8-22-16-12(19)4-3-5-14(16)25-18(22)21-17(23)11-6-7-13-15(9-11)24-10-20-13/h3-7,9-10H,2,8H2,1H3. The second-order valence-electron chi connectivity index (χ2n) is 5.57. The number of carbonyl (C=O) groups excluding carboxylic acids is 1. The summed E-state index contributed by atoms with van der Waals surface area (Å²) in [7, 11) is 0. The van der Waals surface area contributed by atoms with Crippen molar-refractivity contribution in [3.63, 3.8) is 0 Å². The van der Waals surface area contributed by atoms with Crippen molar-refractivity contribution in [2.45, 2.75) is 19.9 Å². The van der Waals surface area contributed by atoms with E-state index in [1.54, 1.807) is 28.3 Å². The highest BCUT2D eigenvalue weighted by Crippen LogP contribution is 2.22. The quantitative estimate of drug-likeness (QED) is 0.528. The largest absolute Gasteiger partial charge is 0.314 e. The minimum Gasteiger partial charge on any atom is -0.314 e. The van der Waals surface area contributed by atoms with Crippen molar-refractivity contribution < 1.29 is 9.18 Å². The molecular formula is C18H14FN3OS2. The number of aromatic nitrogens is 2. The number of amides is 1. The summed E-state index contributed by atoms with van der Waals surface area (Å²) in [5.41, 5.74) is 3.64. The highest BCUT2D eigenvalue weighted by atomic mass is 32.1. The maximum absolute atomic E-state index is 14.2. The Kier molecular flexibility index (Phi) is 4.19. The van der Waals surface area contributed by atoms with Gasteiger partial charge in [-0.2, -0.15) is 4.99 Å². The van der Waals surface area contributed by atoms with E-state index in [4.69, 9.17) is 0 Å². The Labute approximate surface area is 150 Å². The van der Waals surface area contributed by atoms with Gasteiger partial charge in [0.1, 0.15) is 5.82 Å². The number of thiazole rings is 2. The number of aryl methyl sites for hydroxylation is 1. The number of carbonyl (C=O) groups is 1. The van der Waals surface area contributed by atoms with E-state index in [9.17, 15) is 9.18 Å². The Morgan fingerprint density at radius 1 is 1.28 bits per heavy atom. The van der Waals surface area contributed by atoms with Crippen LogP contribution < -0.4 is 4.80 Å². The normalized spacial score (nSPS) is 12.3. The molecule has 0 unspecified atom stereocenters. The van der Waals surface area contributed by atoms with Crippen LogP contribution in [0.1, 0.15) is 23.7 Å². The fraction of sp³-hybridized carbons (Fsp3) is 0.167. The van der Waals surface area contributed by atoms with Gasteiger partial charge in [-0.1, -0.05) is 24.3 Å². The van der Waals surface area contributed by atoms with Gasteiger partial charge in [-0.05, 0) is 36.8 Å². The summed E-state index contributed by atoms with van der Waals surface area (Å²) < 4.78 is 17.8. The molecule has 0 saturated carbocycles. The molecule has 0 saturated heterocycles. The van der Waals surface area contributed by atoms with Crippen LogP contribution in [0, 0.1) is 5.82 Å². The third kappa shape index (κ3) is 2.89. The van der Waals surface area contributed by atoms with Crippen molar-refractivity contribution in [2.24, 2.45) is 4.99 Å². The Balaban J connectivity index is 1.86. The Morgan fingerprint density at radius 3 is 3.00 bits per heavy atom. The van der Waals surface area contributed by atoms with Gasteiger partial charge in [-0.25, -0.2) is 9.37 Å². The molecule has 2 heterocycles. The van der Waals surface area contributed by atoms with Crippen molar-refractivity contribution in [3.05, 3.63) is 58.1 Å². The Morgan fingerprint density at radius 2 is 2.16 bits per heavy atom. The maximum Gasteiger partial charge on any atom is 0.279 e. The van der Waals surface area contributed by atoms with E-state index in [-0.39, 0.29) is 11.7 Å². The van der Waals surface area contributed by atoms with E-state index in [0.717, 1.165) is 21.3 Å². The van der Waals surface area contributed by atoms with E-state index < -0.39 is 0 Å². The average Bonchev–Trinajstić information content (AvgIpc) is 3.20. The molecule has 126 valence electrons. The smallest absolute Gasteiger partial charge is 0.279 e. The molecular weight excluding hydrogens is 357 g/mol. The van der Waals surface area contributed by atoms with Gasteiger partial charge in [-0.3, -0.25) is 4.79 Å². The lowest BCUT2D eigenvalue weighted by molar-refractivity contribution is 0.0998. The monoisotopic (exact) mass is 371 g/mol. The molecule has 25 heavy (non-hydrogen) atoms. The minimum absolute atomic E-state index is 0.290. The zero-order valence-corrected chi connectivity index (χ0v) is 15.0. The number of halogens is 1. The van der Waals surface area contributed by atoms with E-state index in [1.807, 2.05) is 19.1 Å². The van der Waals surface area contributed by atoms with Gasteiger partial charge in [-0.15, -0.1) is 11.3 Å². The lowest BCUT2D eigenvalue weighted by Gasteiger charge is -2.03. The molecule has 0 fully saturated rings. The molecule has 4 nitrogen and oxygen atoms in total. The number of rotatable bonds is 3. The van der Waals surface area contributed by atoms with Crippen LogP contribution in [0.4, 0.5) is 4.39 Å². The summed E-state index contributed by atoms with van der Waals surface area (Å²) in [5.74, 6) is -0.616. The third-order valence-electron chi connectivity index (χ3n) is 3.87. The van der Waals surface area contributed by atoms with Crippen molar-refractivity contribution in [1.82, 2.24) is 9.55 Å². The summed E-state index contributed by atoms with van der Waals surface area (Å²) in [6.45, 7) is 2.63. The lowest BCUT2D eigenvalue weighted by Crippen LogP contribution is -2.17. The third-order valence-corrected chi connectivity index (χ3v) is 5.71. The molecule has 2 aromatic heterocycles. The zero-order valence-electron chi connectivity index (χ0n) is 13.4. The SMILES string of the molecule is CCCn1c(=NC(=O)c2ccc3ncsc3c2)sc2cccc(F)c21. The molecule has 0 bridgehead atoms. The van der Waals surface area contributed by atoms with E-state index in [2.05, 4.69) is 9.98 Å². The fourth-order valence-electron chi connectivity index (χ4n) is 2.74. The van der Waals surface area contributed by atoms with Crippen LogP contribution in [-0.4, -0.2) is 15.5 Å². The van der Waals surface area contributed by atoms with Gasteiger partial charge in [0.15, 0.2) is 4.80 Å². The molecule has 4 aromatic rings. The summed E-state index contributed by atoms with van der Waals surface area (Å²) in [5, 5.41) is 0. The van der Waals surface area contributed by atoms with Crippen LogP contribution >= 0.6 is 22.7 Å². The summed E-state index contributed by atoms with van der Waals surface area (Å²) >= 11 is 2.82. The van der Waals surface area contributed by atoms with Gasteiger partial charge in [0.2, 0.25) is 0 Å². The average molecular weight is 371 g/mol. The summed E-state index contributed by atoms with van der Waals surface area (Å²) in [4.78, 5) is 21.6. The van der Waals surface area contributed by atoms with Crippen LogP contribution in [0.3, 0.4) is 0 Å². The van der Waals surface area contributed by atoms with Crippen molar-refractivity contribution in [3.8, 4) is 0 Å². The molecule has 0 atom stereocenters. The molecule has 1 amide bonds. The number of hydrogen-bond donors (Lipinski definition) is 0. The number of nitrogens with zero attached hydrogens (tertiary/aromatic N) is 3. The summed E-state index contributed by atoms with van der Waals surface area (Å²) in [6.07, 6.45) is 0.828. The molecule has 0 radical (unpaired) electrons. The van der Waals surface area contributed by atoms with Crippen LogP contribution in [-0.2, 0) is 6.54 Å². The first kappa shape index (κ1) is 16.1. The maximum atomic E-state index is 14.2. The van der Waals surface area contributed by atoms with Crippen LogP contribution in [0.15, 0.2) is 46.9 Å². The topological polar surface area (TPSA) is 47.2 Å². The second-order valence-corrected chi connectivity index (χ2v) is 7.47. The van der Waals surface area contributed by atoms with Gasteiger partial charge >= 0.3 is 0 Å². The lowest BCUT2D eigenvalue weighted by atomic mass is 10.2. The van der Waals surface area contributed by atoms with Crippen molar-refractivity contribution in [2.75, 3.05) is 0 Å². The van der Waals surface area contributed by atoms with E-state index >= 15 is 0 Å². The van der Waals surface area contributed by atoms with Gasteiger partial charge in [0.05, 0.1) is 25.9 Å². The highest BCUT2D eigenvalue weighted by Gasteiger charge is 2.12. The number of para-hydroxylation sites is 1. The number of fused-ring (bicyclic) bond motifs is 2. The molecule has 0 aliphatic heterocycles. The summed E-state index contributed by atoms with van der Waals surface area (Å²) in [6, 6.07) is 10.3. The molecule has 0 spiro atoms. The minimum atomic E-state index is -0.327. The first-order chi connectivity index (χ1) is 12.2. The Hall–Kier alpha value is -2.38. The van der Waals surface area contributed by atoms with E-state index in [0.29, 0.717) is 22.4 Å². The molecule has 0 aliphatic carbocycles. The van der Waals surface area contributed by atoms with Crippen LogP contribution in [0.25, 0.3) is 20.4 Å². The number of hydrogen-bond acceptors (Lipinski definition) is 4. The highest BCUT2D eigenvalue weighted by molar-refractivity contribution is 7.17. The molecule has 0 N–H and O–H groups in total. The van der Waals surface area contributed by atoms with Gasteiger partial charge in [0, 0.05) is 12.1 Å². The second kappa shape index (κ2) is 6.50. The molecule has 7 heteroatoms. The van der Waals surface area contributed by atoms with Crippen LogP contribution in [0.2, 0.25) is 0 Å². The first-order valence-electron chi connectivity index (χ1n) is 7.87. The number of benzene rings is 2. The fourth-order valence-corrected chi connectivity index (χ4v) is 4.53. The molecule has 2 aromatic carbocycles. The molecule has 4 rings (SSSR count). The van der Waals surface area contributed by atoms with Gasteiger partial charge in [0.25, 0.3) is 5.91 Å². The van der Waals surface area contributed by atoms with Crippen molar-refractivity contribution in [1.29, 1.82) is 0 Å². The predicted molar refractivity (Wildman–Crippen MR) is 99.6 cm³/mol. The Bertz CT molecular complexity index is 1160. The van der Waals surface area contributed by atoms with Gasteiger partial charge < -0.3 is 4.57 Å². The van der Waals surface area contributed by atoms with Crippen LogP contribution in [0.5, 0.6) is 0 Å². The zero-order chi connectivity index (χ0) is 17.4. The van der Waals surface area contributed by atoms with E-state index in [1.165, 1.54) is 28.7 Å². The predicted octanol–water partition coefficient (Wildman–Crippen LogP) is 4.60. The van der Waals surface area contributed by atoms with Crippen molar-refractivity contribution >= 4 is 49.0 Å². The molecule has 0 aliphatic rings. The first-order valence-corrected chi connectivity index (χ1v) is 9.57.